The minimum Gasteiger partial charge on any atom is -0.310 e. The summed E-state index contributed by atoms with van der Waals surface area (Å²) in [7, 11) is 0. The van der Waals surface area contributed by atoms with Crippen molar-refractivity contribution in [1.29, 1.82) is 0 Å². The molecule has 1 heteroatoms. The number of hydrogen-bond donors (Lipinski definition) is 0. The average molecular weight is 746 g/mol. The van der Waals surface area contributed by atoms with Gasteiger partial charge in [-0.15, -0.1) is 0 Å². The van der Waals surface area contributed by atoms with E-state index in [1.807, 2.05) is 0 Å². The highest BCUT2D eigenvalue weighted by Crippen LogP contribution is 2.56. The first-order valence-corrected chi connectivity index (χ1v) is 22.8. The van der Waals surface area contributed by atoms with Gasteiger partial charge in [-0.2, -0.15) is 0 Å². The number of hydrogen-bond acceptors (Lipinski definition) is 1. The molecule has 57 heavy (non-hydrogen) atoms. The highest BCUT2D eigenvalue weighted by Gasteiger charge is 2.41. The predicted molar refractivity (Wildman–Crippen MR) is 241 cm³/mol. The van der Waals surface area contributed by atoms with E-state index in [0.717, 1.165) is 23.7 Å². The van der Waals surface area contributed by atoms with Crippen LogP contribution in [0, 0.1) is 11.8 Å². The molecule has 11 rings (SSSR count). The van der Waals surface area contributed by atoms with E-state index in [9.17, 15) is 0 Å². The summed E-state index contributed by atoms with van der Waals surface area (Å²) < 4.78 is 0. The van der Waals surface area contributed by atoms with Crippen molar-refractivity contribution in [3.63, 3.8) is 0 Å². The van der Waals surface area contributed by atoms with Gasteiger partial charge in [-0.05, 0) is 160 Å². The van der Waals surface area contributed by atoms with Gasteiger partial charge in [0, 0.05) is 22.2 Å². The number of benzene rings is 6. The Hall–Kier alpha value is -4.62. The first-order chi connectivity index (χ1) is 28.0. The van der Waals surface area contributed by atoms with Crippen LogP contribution in [0.15, 0.2) is 121 Å². The van der Waals surface area contributed by atoms with Gasteiger partial charge >= 0.3 is 0 Å². The Bertz CT molecular complexity index is 2410. The van der Waals surface area contributed by atoms with Crippen molar-refractivity contribution in [2.45, 2.75) is 127 Å². The zero-order valence-corrected chi connectivity index (χ0v) is 34.3. The molecule has 4 fully saturated rings. The third-order valence-electron chi connectivity index (χ3n) is 15.8. The maximum Gasteiger partial charge on any atom is 0.0542 e. The van der Waals surface area contributed by atoms with Crippen molar-refractivity contribution < 1.29 is 0 Å². The molecule has 1 nitrogen and oxygen atoms in total. The summed E-state index contributed by atoms with van der Waals surface area (Å²) in [6.45, 7) is 4.90. The largest absolute Gasteiger partial charge is 0.310 e. The Balaban J connectivity index is 1.04. The third kappa shape index (κ3) is 6.09. The lowest BCUT2D eigenvalue weighted by Gasteiger charge is -2.31. The number of anilines is 3. The third-order valence-corrected chi connectivity index (χ3v) is 15.8. The first-order valence-electron chi connectivity index (χ1n) is 22.8. The molecule has 288 valence electrons. The average Bonchev–Trinajstić information content (AvgIpc) is 3.97. The molecular formula is C56H59N. The Kier molecular flexibility index (Phi) is 8.94. The normalized spacial score (nSPS) is 22.8. The van der Waals surface area contributed by atoms with Gasteiger partial charge in [0.25, 0.3) is 0 Å². The molecule has 0 saturated heterocycles. The van der Waals surface area contributed by atoms with Gasteiger partial charge in [-0.1, -0.05) is 150 Å². The van der Waals surface area contributed by atoms with Crippen LogP contribution in [0.25, 0.3) is 33.0 Å². The summed E-state index contributed by atoms with van der Waals surface area (Å²) in [6.07, 6.45) is 19.2. The first kappa shape index (κ1) is 35.5. The van der Waals surface area contributed by atoms with Crippen LogP contribution in [0.4, 0.5) is 17.1 Å². The zero-order chi connectivity index (χ0) is 38.1. The minimum absolute atomic E-state index is 0.123. The summed E-state index contributed by atoms with van der Waals surface area (Å²) in [5.74, 6) is 3.91. The SMILES string of the molecule is CC1(C)c2cc(N(c3ccc(C4CC5CCC4C5)cc3)c3cccc4cccc(C5CCCCC5)c34)ccc2-c2c(-c3ccc(C4CCCCC4)cc3)cccc21. The molecule has 0 aliphatic heterocycles. The fraction of sp³-hybridized carbons (Fsp3) is 0.393. The molecule has 5 aliphatic rings. The highest BCUT2D eigenvalue weighted by atomic mass is 15.1. The standard InChI is InChI=1S/C56H59N/c1-56(2)51-20-11-19-48(41-26-24-39(25-27-41)38-12-5-3-6-13-38)55(51)49-33-32-46(36-52(49)56)57(45-30-28-42(29-31-45)50-35-37-22-23-44(50)34-37)53-21-10-17-43-16-9-18-47(54(43)53)40-14-7-4-8-15-40/h9-11,16-21,24-33,36-38,40,44,50H,3-8,12-15,22-23,34-35H2,1-2H3. The Morgan fingerprint density at radius 2 is 1.21 bits per heavy atom. The van der Waals surface area contributed by atoms with Crippen LogP contribution in [-0.4, -0.2) is 0 Å². The quantitative estimate of drug-likeness (QED) is 0.157. The van der Waals surface area contributed by atoms with E-state index in [-0.39, 0.29) is 5.41 Å². The lowest BCUT2D eigenvalue weighted by molar-refractivity contribution is 0.420. The van der Waals surface area contributed by atoms with E-state index in [1.165, 1.54) is 157 Å². The molecule has 0 amide bonds. The van der Waals surface area contributed by atoms with Crippen molar-refractivity contribution >= 4 is 27.8 Å². The van der Waals surface area contributed by atoms with Crippen LogP contribution >= 0.6 is 0 Å². The van der Waals surface area contributed by atoms with Crippen LogP contribution in [0.5, 0.6) is 0 Å². The Morgan fingerprint density at radius 1 is 0.526 bits per heavy atom. The van der Waals surface area contributed by atoms with E-state index >= 15 is 0 Å². The molecule has 5 aliphatic carbocycles. The summed E-state index contributed by atoms with van der Waals surface area (Å²) in [6, 6.07) is 48.2. The fourth-order valence-corrected chi connectivity index (χ4v) is 12.8. The van der Waals surface area contributed by atoms with Gasteiger partial charge in [0.2, 0.25) is 0 Å². The van der Waals surface area contributed by atoms with Crippen LogP contribution in [0.3, 0.4) is 0 Å². The van der Waals surface area contributed by atoms with Crippen molar-refractivity contribution in [2.24, 2.45) is 11.8 Å². The van der Waals surface area contributed by atoms with Crippen molar-refractivity contribution in [1.82, 2.24) is 0 Å². The van der Waals surface area contributed by atoms with Crippen molar-refractivity contribution in [2.75, 3.05) is 4.90 Å². The van der Waals surface area contributed by atoms with Gasteiger partial charge in [0.15, 0.2) is 0 Å². The summed E-state index contributed by atoms with van der Waals surface area (Å²) in [5, 5.41) is 2.79. The molecule has 0 aromatic heterocycles. The Morgan fingerprint density at radius 3 is 1.93 bits per heavy atom. The smallest absolute Gasteiger partial charge is 0.0542 e. The highest BCUT2D eigenvalue weighted by molar-refractivity contribution is 6.02. The Labute approximate surface area is 341 Å². The van der Waals surface area contributed by atoms with Crippen LogP contribution < -0.4 is 4.90 Å². The molecule has 3 atom stereocenters. The van der Waals surface area contributed by atoms with Crippen LogP contribution in [-0.2, 0) is 5.41 Å². The maximum absolute atomic E-state index is 2.61. The zero-order valence-electron chi connectivity index (χ0n) is 34.3. The van der Waals surface area contributed by atoms with Gasteiger partial charge < -0.3 is 4.90 Å². The molecule has 6 aromatic carbocycles. The summed E-state index contributed by atoms with van der Waals surface area (Å²) >= 11 is 0. The molecule has 3 unspecified atom stereocenters. The van der Waals surface area contributed by atoms with E-state index in [2.05, 4.69) is 140 Å². The minimum atomic E-state index is -0.123. The van der Waals surface area contributed by atoms with Crippen LogP contribution in [0.2, 0.25) is 0 Å². The molecule has 0 N–H and O–H groups in total. The molecule has 0 heterocycles. The second-order valence-corrected chi connectivity index (χ2v) is 19.3. The van der Waals surface area contributed by atoms with E-state index in [0.29, 0.717) is 5.92 Å². The monoisotopic (exact) mass is 745 g/mol. The lowest BCUT2D eigenvalue weighted by atomic mass is 9.81. The second-order valence-electron chi connectivity index (χ2n) is 19.3. The van der Waals surface area contributed by atoms with Gasteiger partial charge in [-0.25, -0.2) is 0 Å². The second kappa shape index (κ2) is 14.3. The molecular weight excluding hydrogens is 687 g/mol. The van der Waals surface area contributed by atoms with Crippen molar-refractivity contribution in [3.8, 4) is 22.3 Å². The molecule has 4 saturated carbocycles. The molecule has 2 bridgehead atoms. The van der Waals surface area contributed by atoms with E-state index < -0.39 is 0 Å². The number of nitrogens with zero attached hydrogens (tertiary/aromatic N) is 1. The van der Waals surface area contributed by atoms with Crippen LogP contribution in [0.1, 0.15) is 149 Å². The topological polar surface area (TPSA) is 3.24 Å². The lowest BCUT2D eigenvalue weighted by Crippen LogP contribution is -2.17. The van der Waals surface area contributed by atoms with E-state index in [4.69, 9.17) is 0 Å². The van der Waals surface area contributed by atoms with Gasteiger partial charge in [-0.3, -0.25) is 0 Å². The molecule has 0 spiro atoms. The summed E-state index contributed by atoms with van der Waals surface area (Å²) in [4.78, 5) is 2.61. The number of rotatable bonds is 7. The fourth-order valence-electron chi connectivity index (χ4n) is 12.8. The molecule has 6 aromatic rings. The maximum atomic E-state index is 2.61. The van der Waals surface area contributed by atoms with Gasteiger partial charge in [0.1, 0.15) is 0 Å². The van der Waals surface area contributed by atoms with E-state index in [1.54, 1.807) is 11.1 Å². The number of fused-ring (bicyclic) bond motifs is 6. The predicted octanol–water partition coefficient (Wildman–Crippen LogP) is 16.3. The molecule has 0 radical (unpaired) electrons. The van der Waals surface area contributed by atoms with Crippen molar-refractivity contribution in [3.05, 3.63) is 149 Å². The van der Waals surface area contributed by atoms with Gasteiger partial charge in [0.05, 0.1) is 5.69 Å². The summed E-state index contributed by atoms with van der Waals surface area (Å²) in [5.41, 5.74) is 16.7.